The van der Waals surface area contributed by atoms with Gasteiger partial charge in [-0.15, -0.1) is 0 Å². The monoisotopic (exact) mass is 301 g/mol. The predicted molar refractivity (Wildman–Crippen MR) is 79.4 cm³/mol. The Kier molecular flexibility index (Phi) is 3.15. The first-order chi connectivity index (χ1) is 10.0. The van der Waals surface area contributed by atoms with Crippen LogP contribution in [0.2, 0.25) is 5.02 Å². The van der Waals surface area contributed by atoms with Gasteiger partial charge in [0, 0.05) is 22.7 Å². The van der Waals surface area contributed by atoms with Crippen molar-refractivity contribution in [3.05, 3.63) is 63.2 Å². The summed E-state index contributed by atoms with van der Waals surface area (Å²) < 4.78 is 0. The average molecular weight is 302 g/mol. The van der Waals surface area contributed by atoms with Gasteiger partial charge >= 0.3 is 0 Å². The summed E-state index contributed by atoms with van der Waals surface area (Å²) in [6, 6.07) is 10.8. The summed E-state index contributed by atoms with van der Waals surface area (Å²) in [5, 5.41) is 13.9. The molecule has 0 unspecified atom stereocenters. The molecule has 0 atom stereocenters. The molecule has 6 nitrogen and oxygen atoms in total. The largest absolute Gasteiger partial charge is 0.320 e. The number of aliphatic imine (C=N–C) groups is 1. The van der Waals surface area contributed by atoms with E-state index < -0.39 is 4.92 Å². The zero-order valence-corrected chi connectivity index (χ0v) is 11.3. The van der Waals surface area contributed by atoms with Crippen LogP contribution >= 0.6 is 11.6 Å². The van der Waals surface area contributed by atoms with Gasteiger partial charge in [0.05, 0.1) is 16.3 Å². The fourth-order valence-corrected chi connectivity index (χ4v) is 2.21. The molecule has 0 bridgehead atoms. The molecule has 1 aliphatic rings. The lowest BCUT2D eigenvalue weighted by Crippen LogP contribution is -2.13. The molecular weight excluding hydrogens is 294 g/mol. The molecule has 1 heterocycles. The number of carbonyl (C=O) groups excluding carboxylic acids is 1. The first kappa shape index (κ1) is 13.3. The summed E-state index contributed by atoms with van der Waals surface area (Å²) in [5.74, 6) is -0.362. The standard InChI is InChI=1S/C14H8ClN3O3/c15-8-4-5-12-11(6-8)13(14(19)17-12)16-9-2-1-3-10(7-9)18(20)21/h1-7H,(H,16,17,19). The lowest BCUT2D eigenvalue weighted by molar-refractivity contribution is -0.384. The lowest BCUT2D eigenvalue weighted by Gasteiger charge is -1.99. The smallest absolute Gasteiger partial charge is 0.275 e. The lowest BCUT2D eigenvalue weighted by atomic mass is 10.1. The molecule has 2 aromatic rings. The minimum atomic E-state index is -0.511. The zero-order valence-electron chi connectivity index (χ0n) is 10.5. The number of rotatable bonds is 2. The molecule has 1 N–H and O–H groups in total. The fraction of sp³-hybridized carbons (Fsp3) is 0. The Bertz CT molecular complexity index is 802. The number of anilines is 1. The van der Waals surface area contributed by atoms with Gasteiger partial charge in [-0.1, -0.05) is 17.7 Å². The minimum absolute atomic E-state index is 0.0819. The van der Waals surface area contributed by atoms with Gasteiger partial charge in [-0.25, -0.2) is 4.99 Å². The molecule has 0 radical (unpaired) electrons. The van der Waals surface area contributed by atoms with Crippen molar-refractivity contribution in [2.75, 3.05) is 5.32 Å². The van der Waals surface area contributed by atoms with Crippen molar-refractivity contribution in [2.45, 2.75) is 0 Å². The Morgan fingerprint density at radius 1 is 1.19 bits per heavy atom. The van der Waals surface area contributed by atoms with Crippen LogP contribution in [-0.2, 0) is 4.79 Å². The second kappa shape index (κ2) is 4.99. The van der Waals surface area contributed by atoms with E-state index >= 15 is 0 Å². The maximum absolute atomic E-state index is 11.9. The van der Waals surface area contributed by atoms with E-state index in [1.54, 1.807) is 24.3 Å². The number of hydrogen-bond acceptors (Lipinski definition) is 4. The van der Waals surface area contributed by atoms with Gasteiger partial charge in [-0.05, 0) is 24.3 Å². The van der Waals surface area contributed by atoms with Crippen LogP contribution in [-0.4, -0.2) is 16.5 Å². The van der Waals surface area contributed by atoms with Crippen LogP contribution in [0, 0.1) is 10.1 Å². The third-order valence-electron chi connectivity index (χ3n) is 2.98. The number of carbonyl (C=O) groups is 1. The highest BCUT2D eigenvalue weighted by Gasteiger charge is 2.26. The normalized spacial score (nSPS) is 14.9. The maximum Gasteiger partial charge on any atom is 0.275 e. The minimum Gasteiger partial charge on any atom is -0.320 e. The molecule has 3 rings (SSSR count). The van der Waals surface area contributed by atoms with E-state index in [0.717, 1.165) is 0 Å². The Morgan fingerprint density at radius 3 is 2.76 bits per heavy atom. The molecule has 7 heteroatoms. The average Bonchev–Trinajstić information content (AvgIpc) is 2.75. The highest BCUT2D eigenvalue weighted by molar-refractivity contribution is 6.54. The highest BCUT2D eigenvalue weighted by Crippen LogP contribution is 2.29. The molecule has 0 saturated carbocycles. The number of hydrogen-bond donors (Lipinski definition) is 1. The predicted octanol–water partition coefficient (Wildman–Crippen LogP) is 3.32. The molecule has 0 aliphatic carbocycles. The van der Waals surface area contributed by atoms with Crippen LogP contribution in [0.1, 0.15) is 5.56 Å². The number of nitro groups is 1. The molecule has 0 spiro atoms. The van der Waals surface area contributed by atoms with Crippen molar-refractivity contribution < 1.29 is 9.72 Å². The van der Waals surface area contributed by atoms with Gasteiger partial charge in [-0.2, -0.15) is 0 Å². The van der Waals surface area contributed by atoms with E-state index in [2.05, 4.69) is 10.3 Å². The molecule has 104 valence electrons. The topological polar surface area (TPSA) is 84.6 Å². The number of halogens is 1. The van der Waals surface area contributed by atoms with Gasteiger partial charge in [0.1, 0.15) is 5.71 Å². The van der Waals surface area contributed by atoms with E-state index in [9.17, 15) is 14.9 Å². The van der Waals surface area contributed by atoms with Gasteiger partial charge in [0.15, 0.2) is 0 Å². The van der Waals surface area contributed by atoms with Gasteiger partial charge in [-0.3, -0.25) is 14.9 Å². The van der Waals surface area contributed by atoms with E-state index in [-0.39, 0.29) is 17.3 Å². The maximum atomic E-state index is 11.9. The SMILES string of the molecule is O=C1Nc2ccc(Cl)cc2C1=Nc1cccc([N+](=O)[O-])c1. The fourth-order valence-electron chi connectivity index (χ4n) is 2.04. The third kappa shape index (κ3) is 2.48. The van der Waals surface area contributed by atoms with Crippen LogP contribution in [0.25, 0.3) is 0 Å². The van der Waals surface area contributed by atoms with Crippen LogP contribution < -0.4 is 5.32 Å². The summed E-state index contributed by atoms with van der Waals surface area (Å²) in [6.07, 6.45) is 0. The molecule has 0 fully saturated rings. The van der Waals surface area contributed by atoms with Crippen LogP contribution in [0.5, 0.6) is 0 Å². The second-order valence-corrected chi connectivity index (χ2v) is 4.82. The number of non-ortho nitro benzene ring substituents is 1. The van der Waals surface area contributed by atoms with Crippen LogP contribution in [0.4, 0.5) is 17.1 Å². The van der Waals surface area contributed by atoms with E-state index in [1.165, 1.54) is 18.2 Å². The summed E-state index contributed by atoms with van der Waals surface area (Å²) in [6.45, 7) is 0. The molecular formula is C14H8ClN3O3. The highest BCUT2D eigenvalue weighted by atomic mass is 35.5. The number of nitro benzene ring substituents is 1. The van der Waals surface area contributed by atoms with Gasteiger partial charge < -0.3 is 5.32 Å². The van der Waals surface area contributed by atoms with E-state index in [0.29, 0.717) is 22.0 Å². The van der Waals surface area contributed by atoms with Crippen molar-refractivity contribution in [1.82, 2.24) is 0 Å². The summed E-state index contributed by atoms with van der Waals surface area (Å²) in [7, 11) is 0. The molecule has 0 aromatic heterocycles. The Labute approximate surface area is 124 Å². The van der Waals surface area contributed by atoms with Crippen molar-refractivity contribution in [3.8, 4) is 0 Å². The van der Waals surface area contributed by atoms with Crippen molar-refractivity contribution in [3.63, 3.8) is 0 Å². The van der Waals surface area contributed by atoms with E-state index in [1.807, 2.05) is 0 Å². The summed E-state index contributed by atoms with van der Waals surface area (Å²) in [4.78, 5) is 26.4. The van der Waals surface area contributed by atoms with E-state index in [4.69, 9.17) is 11.6 Å². The number of benzene rings is 2. The van der Waals surface area contributed by atoms with Gasteiger partial charge in [0.2, 0.25) is 0 Å². The zero-order chi connectivity index (χ0) is 15.0. The quantitative estimate of drug-likeness (QED) is 0.682. The molecule has 21 heavy (non-hydrogen) atoms. The van der Waals surface area contributed by atoms with Crippen LogP contribution in [0.3, 0.4) is 0 Å². The Hall–Kier alpha value is -2.73. The van der Waals surface area contributed by atoms with Crippen LogP contribution in [0.15, 0.2) is 47.5 Å². The Morgan fingerprint density at radius 2 is 2.00 bits per heavy atom. The summed E-state index contributed by atoms with van der Waals surface area (Å²) >= 11 is 5.92. The molecule has 1 amide bonds. The first-order valence-corrected chi connectivity index (χ1v) is 6.37. The second-order valence-electron chi connectivity index (χ2n) is 4.38. The number of amides is 1. The molecule has 0 saturated heterocycles. The van der Waals surface area contributed by atoms with Crippen molar-refractivity contribution >= 4 is 40.3 Å². The Balaban J connectivity index is 2.08. The summed E-state index contributed by atoms with van der Waals surface area (Å²) in [5.41, 5.74) is 1.64. The number of nitrogens with one attached hydrogen (secondary N) is 1. The van der Waals surface area contributed by atoms with Crippen molar-refractivity contribution in [2.24, 2.45) is 4.99 Å². The number of fused-ring (bicyclic) bond motifs is 1. The van der Waals surface area contributed by atoms with Crippen molar-refractivity contribution in [1.29, 1.82) is 0 Å². The third-order valence-corrected chi connectivity index (χ3v) is 3.22. The first-order valence-electron chi connectivity index (χ1n) is 5.99. The molecule has 1 aliphatic heterocycles. The van der Waals surface area contributed by atoms with Gasteiger partial charge in [0.25, 0.3) is 11.6 Å². The molecule has 2 aromatic carbocycles. The number of nitrogens with zero attached hydrogens (tertiary/aromatic N) is 2.